The molecule has 0 heteroatoms. The normalized spacial score (nSPS) is 25.8. The zero-order valence-corrected chi connectivity index (χ0v) is 17.0. The van der Waals surface area contributed by atoms with Gasteiger partial charge in [-0.15, -0.1) is 0 Å². The quantitative estimate of drug-likeness (QED) is 0.408. The van der Waals surface area contributed by atoms with Crippen molar-refractivity contribution < 1.29 is 0 Å². The zero-order valence-electron chi connectivity index (χ0n) is 17.0. The van der Waals surface area contributed by atoms with Gasteiger partial charge in [-0.2, -0.15) is 0 Å². The Hall–Kier alpha value is -1.56. The molecule has 0 bridgehead atoms. The van der Waals surface area contributed by atoms with E-state index in [1.165, 1.54) is 62.5 Å². The number of hydrogen-bond donors (Lipinski definition) is 0. The highest BCUT2D eigenvalue weighted by Gasteiger charge is 2.58. The molecule has 1 aliphatic carbocycles. The van der Waals surface area contributed by atoms with Crippen molar-refractivity contribution in [3.05, 3.63) is 71.8 Å². The predicted molar refractivity (Wildman–Crippen MR) is 114 cm³/mol. The summed E-state index contributed by atoms with van der Waals surface area (Å²) in [5.41, 5.74) is 3.69. The largest absolute Gasteiger partial charge is 0.0654 e. The molecule has 140 valence electrons. The molecule has 1 aliphatic rings. The van der Waals surface area contributed by atoms with E-state index in [1.54, 1.807) is 0 Å². The van der Waals surface area contributed by atoms with Gasteiger partial charge in [0.1, 0.15) is 0 Å². The van der Waals surface area contributed by atoms with E-state index in [1.807, 2.05) is 0 Å². The third-order valence-corrected chi connectivity index (χ3v) is 6.99. The Bertz CT molecular complexity index is 607. The molecule has 2 aromatic carbocycles. The highest BCUT2D eigenvalue weighted by molar-refractivity contribution is 5.40. The van der Waals surface area contributed by atoms with Crippen molar-refractivity contribution in [1.82, 2.24) is 0 Å². The standard InChI is InChI=1S/C26H36/c1-4-5-6-7-8-15-20-24-25(2,22-16-11-9-12-17-22)21-26(24,3)23-18-13-10-14-19-23/h9-14,16-19,24H,4-8,15,20-21H2,1-3H3/t25-,26-/m0/s1. The van der Waals surface area contributed by atoms with Crippen LogP contribution in [0.2, 0.25) is 0 Å². The van der Waals surface area contributed by atoms with E-state index < -0.39 is 0 Å². The molecule has 1 saturated carbocycles. The van der Waals surface area contributed by atoms with E-state index in [9.17, 15) is 0 Å². The summed E-state index contributed by atoms with van der Waals surface area (Å²) in [6.07, 6.45) is 10.9. The highest BCUT2D eigenvalue weighted by Crippen LogP contribution is 2.62. The lowest BCUT2D eigenvalue weighted by atomic mass is 9.42. The second-order valence-corrected chi connectivity index (χ2v) is 8.85. The summed E-state index contributed by atoms with van der Waals surface area (Å²) in [7, 11) is 0. The van der Waals surface area contributed by atoms with Crippen LogP contribution in [0.5, 0.6) is 0 Å². The van der Waals surface area contributed by atoms with Crippen molar-refractivity contribution in [2.75, 3.05) is 0 Å². The Kier molecular flexibility index (Phi) is 6.22. The molecule has 0 aliphatic heterocycles. The summed E-state index contributed by atoms with van der Waals surface area (Å²) >= 11 is 0. The summed E-state index contributed by atoms with van der Waals surface area (Å²) in [6.45, 7) is 7.31. The minimum Gasteiger partial charge on any atom is -0.0654 e. The van der Waals surface area contributed by atoms with Crippen LogP contribution >= 0.6 is 0 Å². The Morgan fingerprint density at radius 2 is 1.15 bits per heavy atom. The van der Waals surface area contributed by atoms with Crippen LogP contribution in [0.3, 0.4) is 0 Å². The minimum atomic E-state index is 0.315. The molecule has 0 unspecified atom stereocenters. The molecule has 3 rings (SSSR count). The summed E-state index contributed by atoms with van der Waals surface area (Å²) in [5, 5.41) is 0. The molecule has 2 aromatic rings. The van der Waals surface area contributed by atoms with Crippen LogP contribution in [0.15, 0.2) is 60.7 Å². The number of rotatable bonds is 9. The van der Waals surface area contributed by atoms with Crippen LogP contribution < -0.4 is 0 Å². The lowest BCUT2D eigenvalue weighted by Crippen LogP contribution is -2.58. The molecule has 0 nitrogen and oxygen atoms in total. The van der Waals surface area contributed by atoms with Gasteiger partial charge in [-0.05, 0) is 40.7 Å². The molecule has 0 amide bonds. The first-order valence-corrected chi connectivity index (χ1v) is 10.7. The van der Waals surface area contributed by atoms with E-state index in [0.717, 1.165) is 5.92 Å². The SMILES string of the molecule is CCCCCCCCC1[C@](C)(c2ccccc2)C[C@@]1(C)c1ccccc1. The van der Waals surface area contributed by atoms with Gasteiger partial charge in [-0.1, -0.05) is 120 Å². The van der Waals surface area contributed by atoms with Crippen LogP contribution in [-0.4, -0.2) is 0 Å². The third-order valence-electron chi connectivity index (χ3n) is 6.99. The molecule has 0 radical (unpaired) electrons. The molecule has 0 aromatic heterocycles. The summed E-state index contributed by atoms with van der Waals surface area (Å²) in [5.74, 6) is 0.728. The van der Waals surface area contributed by atoms with Crippen LogP contribution in [0.25, 0.3) is 0 Å². The maximum absolute atomic E-state index is 2.51. The van der Waals surface area contributed by atoms with Crippen molar-refractivity contribution in [2.24, 2.45) is 5.92 Å². The first kappa shape index (κ1) is 19.2. The van der Waals surface area contributed by atoms with E-state index in [0.29, 0.717) is 10.8 Å². The molecule has 0 spiro atoms. The highest BCUT2D eigenvalue weighted by atomic mass is 14.6. The Morgan fingerprint density at radius 3 is 1.65 bits per heavy atom. The fraction of sp³-hybridized carbons (Fsp3) is 0.538. The summed E-state index contributed by atoms with van der Waals surface area (Å²) in [6, 6.07) is 22.5. The molecule has 0 N–H and O–H groups in total. The first-order valence-electron chi connectivity index (χ1n) is 10.7. The van der Waals surface area contributed by atoms with Gasteiger partial charge >= 0.3 is 0 Å². The number of hydrogen-bond acceptors (Lipinski definition) is 0. The van der Waals surface area contributed by atoms with E-state index in [-0.39, 0.29) is 0 Å². The molecule has 26 heavy (non-hydrogen) atoms. The van der Waals surface area contributed by atoms with Crippen molar-refractivity contribution in [1.29, 1.82) is 0 Å². The van der Waals surface area contributed by atoms with Crippen molar-refractivity contribution in [3.63, 3.8) is 0 Å². The van der Waals surface area contributed by atoms with Crippen LogP contribution in [0.4, 0.5) is 0 Å². The van der Waals surface area contributed by atoms with Gasteiger partial charge in [0.25, 0.3) is 0 Å². The van der Waals surface area contributed by atoms with Crippen molar-refractivity contribution in [3.8, 4) is 0 Å². The lowest BCUT2D eigenvalue weighted by molar-refractivity contribution is 0.00981. The summed E-state index contributed by atoms with van der Waals surface area (Å²) in [4.78, 5) is 0. The summed E-state index contributed by atoms with van der Waals surface area (Å²) < 4.78 is 0. The second kappa shape index (κ2) is 8.42. The molecule has 0 heterocycles. The number of unbranched alkanes of at least 4 members (excludes halogenated alkanes) is 5. The monoisotopic (exact) mass is 348 g/mol. The van der Waals surface area contributed by atoms with Gasteiger partial charge in [-0.3, -0.25) is 0 Å². The Labute approximate surface area is 161 Å². The molecular formula is C26H36. The van der Waals surface area contributed by atoms with Crippen molar-refractivity contribution >= 4 is 0 Å². The van der Waals surface area contributed by atoms with Gasteiger partial charge in [0.2, 0.25) is 0 Å². The van der Waals surface area contributed by atoms with Gasteiger partial charge in [0, 0.05) is 0 Å². The topological polar surface area (TPSA) is 0 Å². The molecule has 2 atom stereocenters. The van der Waals surface area contributed by atoms with Gasteiger partial charge in [-0.25, -0.2) is 0 Å². The van der Waals surface area contributed by atoms with Crippen LogP contribution in [0, 0.1) is 5.92 Å². The third kappa shape index (κ3) is 3.75. The fourth-order valence-electron chi connectivity index (χ4n) is 5.59. The average Bonchev–Trinajstić information content (AvgIpc) is 2.68. The van der Waals surface area contributed by atoms with Crippen molar-refractivity contribution in [2.45, 2.75) is 83.0 Å². The van der Waals surface area contributed by atoms with Crippen LogP contribution in [0.1, 0.15) is 83.3 Å². The van der Waals surface area contributed by atoms with Gasteiger partial charge in [0.15, 0.2) is 0 Å². The fourth-order valence-corrected chi connectivity index (χ4v) is 5.59. The van der Waals surface area contributed by atoms with Gasteiger partial charge in [0.05, 0.1) is 0 Å². The predicted octanol–water partition coefficient (Wildman–Crippen LogP) is 7.67. The zero-order chi connectivity index (χ0) is 18.5. The molecule has 1 fully saturated rings. The Morgan fingerprint density at radius 1 is 0.692 bits per heavy atom. The lowest BCUT2D eigenvalue weighted by Gasteiger charge is -2.62. The van der Waals surface area contributed by atoms with Gasteiger partial charge < -0.3 is 0 Å². The first-order chi connectivity index (χ1) is 12.6. The van der Waals surface area contributed by atoms with E-state index in [2.05, 4.69) is 81.4 Å². The smallest absolute Gasteiger partial charge is 0.00302 e. The van der Waals surface area contributed by atoms with E-state index in [4.69, 9.17) is 0 Å². The molecular weight excluding hydrogens is 312 g/mol. The minimum absolute atomic E-state index is 0.315. The average molecular weight is 349 g/mol. The van der Waals surface area contributed by atoms with E-state index >= 15 is 0 Å². The maximum atomic E-state index is 2.51. The Balaban J connectivity index is 1.75. The number of benzene rings is 2. The molecule has 0 saturated heterocycles. The second-order valence-electron chi connectivity index (χ2n) is 8.85. The maximum Gasteiger partial charge on any atom is -0.00302 e. The van der Waals surface area contributed by atoms with Crippen LogP contribution in [-0.2, 0) is 10.8 Å².